The number of thiophene rings is 1. The van der Waals surface area contributed by atoms with Crippen LogP contribution in [0.3, 0.4) is 0 Å². The van der Waals surface area contributed by atoms with E-state index in [0.29, 0.717) is 36.8 Å². The van der Waals surface area contributed by atoms with Gasteiger partial charge in [0.15, 0.2) is 0 Å². The van der Waals surface area contributed by atoms with Gasteiger partial charge in [-0.1, -0.05) is 32.0 Å². The molecule has 2 N–H and O–H groups in total. The molecular formula is C30H30N2O4S. The molecule has 0 spiro atoms. The Morgan fingerprint density at radius 3 is 2.57 bits per heavy atom. The molecule has 1 saturated heterocycles. The molecule has 0 bridgehead atoms. The lowest BCUT2D eigenvalue weighted by atomic mass is 9.98. The number of aliphatic hydroxyl groups is 1. The molecule has 1 atom stereocenters. The number of ketones is 1. The maximum atomic E-state index is 13.3. The normalized spacial score (nSPS) is 17.3. The first-order valence-corrected chi connectivity index (χ1v) is 13.3. The number of carbonyl (C=O) groups excluding carboxylic acids is 2. The van der Waals surface area contributed by atoms with E-state index in [4.69, 9.17) is 4.74 Å². The number of aromatic nitrogens is 1. The third-order valence-electron chi connectivity index (χ3n) is 6.70. The second kappa shape index (κ2) is 10.3. The van der Waals surface area contributed by atoms with Crippen LogP contribution in [-0.4, -0.2) is 39.8 Å². The SMILES string of the molecule is Cc1ccsc1C1/C(=C(/O)c2ccc(OCC(C)C)cc2)C(=O)C(=O)N1CCc1c[nH]c2ccccc12. The van der Waals surface area contributed by atoms with Gasteiger partial charge in [0.1, 0.15) is 11.5 Å². The summed E-state index contributed by atoms with van der Waals surface area (Å²) in [5.74, 6) is -0.330. The molecule has 190 valence electrons. The summed E-state index contributed by atoms with van der Waals surface area (Å²) in [6.45, 7) is 7.05. The summed E-state index contributed by atoms with van der Waals surface area (Å²) in [6.07, 6.45) is 2.54. The van der Waals surface area contributed by atoms with E-state index in [1.807, 2.05) is 48.8 Å². The van der Waals surface area contributed by atoms with Gasteiger partial charge in [0.2, 0.25) is 0 Å². The smallest absolute Gasteiger partial charge is 0.295 e. The molecule has 2 aromatic heterocycles. The van der Waals surface area contributed by atoms with Crippen LogP contribution in [0, 0.1) is 12.8 Å². The fourth-order valence-corrected chi connectivity index (χ4v) is 5.80. The highest BCUT2D eigenvalue weighted by atomic mass is 32.1. The number of hydrogen-bond donors (Lipinski definition) is 2. The Balaban J connectivity index is 1.49. The first-order chi connectivity index (χ1) is 17.8. The number of hydrogen-bond acceptors (Lipinski definition) is 5. The van der Waals surface area contributed by atoms with Crippen LogP contribution in [0.5, 0.6) is 5.75 Å². The number of para-hydroxylation sites is 1. The van der Waals surface area contributed by atoms with Crippen LogP contribution in [0.4, 0.5) is 0 Å². The average Bonchev–Trinajstić information content (AvgIpc) is 3.58. The molecular weight excluding hydrogens is 484 g/mol. The van der Waals surface area contributed by atoms with E-state index in [1.165, 1.54) is 11.3 Å². The van der Waals surface area contributed by atoms with E-state index in [-0.39, 0.29) is 11.3 Å². The topological polar surface area (TPSA) is 82.6 Å². The van der Waals surface area contributed by atoms with Crippen molar-refractivity contribution in [3.8, 4) is 5.75 Å². The highest BCUT2D eigenvalue weighted by Crippen LogP contribution is 2.42. The predicted octanol–water partition coefficient (Wildman–Crippen LogP) is 6.24. The number of aromatic amines is 1. The summed E-state index contributed by atoms with van der Waals surface area (Å²) in [4.78, 5) is 32.4. The van der Waals surface area contributed by atoms with Gasteiger partial charge in [-0.3, -0.25) is 9.59 Å². The molecule has 2 aromatic carbocycles. The highest BCUT2D eigenvalue weighted by molar-refractivity contribution is 7.10. The van der Waals surface area contributed by atoms with Crippen LogP contribution in [-0.2, 0) is 16.0 Å². The Bertz CT molecular complexity index is 1480. The number of nitrogens with one attached hydrogen (secondary N) is 1. The maximum Gasteiger partial charge on any atom is 0.295 e. The van der Waals surface area contributed by atoms with Crippen molar-refractivity contribution in [2.45, 2.75) is 33.2 Å². The fourth-order valence-electron chi connectivity index (χ4n) is 4.75. The number of carbonyl (C=O) groups is 2. The minimum Gasteiger partial charge on any atom is -0.507 e. The number of Topliss-reactive ketones (excluding diaryl/α,β-unsaturated/α-hetero) is 1. The highest BCUT2D eigenvalue weighted by Gasteiger charge is 2.46. The number of H-pyrrole nitrogens is 1. The number of benzene rings is 2. The number of fused-ring (bicyclic) bond motifs is 1. The largest absolute Gasteiger partial charge is 0.507 e. The molecule has 0 radical (unpaired) electrons. The Kier molecular flexibility index (Phi) is 6.89. The first kappa shape index (κ1) is 24.8. The molecule has 1 aliphatic heterocycles. The van der Waals surface area contributed by atoms with Crippen molar-refractivity contribution >= 4 is 39.7 Å². The van der Waals surface area contributed by atoms with Gasteiger partial charge in [-0.05, 0) is 72.2 Å². The van der Waals surface area contributed by atoms with Gasteiger partial charge in [0.05, 0.1) is 18.2 Å². The number of ether oxygens (including phenoxy) is 1. The number of aliphatic hydroxyl groups excluding tert-OH is 1. The van der Waals surface area contributed by atoms with Gasteiger partial charge in [0, 0.05) is 34.1 Å². The third kappa shape index (κ3) is 4.79. The number of nitrogens with zero attached hydrogens (tertiary/aromatic N) is 1. The van der Waals surface area contributed by atoms with Crippen molar-refractivity contribution in [1.29, 1.82) is 0 Å². The minimum absolute atomic E-state index is 0.130. The second-order valence-corrected chi connectivity index (χ2v) is 10.7. The van der Waals surface area contributed by atoms with Crippen molar-refractivity contribution in [1.82, 2.24) is 9.88 Å². The maximum absolute atomic E-state index is 13.3. The summed E-state index contributed by atoms with van der Waals surface area (Å²) >= 11 is 1.49. The van der Waals surface area contributed by atoms with Crippen LogP contribution in [0.25, 0.3) is 16.7 Å². The Hall–Kier alpha value is -3.84. The zero-order chi connectivity index (χ0) is 26.1. The number of rotatable bonds is 8. The van der Waals surface area contributed by atoms with Crippen molar-refractivity contribution in [3.63, 3.8) is 0 Å². The first-order valence-electron chi connectivity index (χ1n) is 12.5. The van der Waals surface area contributed by atoms with Crippen LogP contribution in [0.1, 0.15) is 41.5 Å². The van der Waals surface area contributed by atoms with E-state index >= 15 is 0 Å². The average molecular weight is 515 g/mol. The Morgan fingerprint density at radius 1 is 1.11 bits per heavy atom. The van der Waals surface area contributed by atoms with Gasteiger partial charge in [-0.25, -0.2) is 0 Å². The van der Waals surface area contributed by atoms with E-state index in [0.717, 1.165) is 26.9 Å². The van der Waals surface area contributed by atoms with Gasteiger partial charge < -0.3 is 19.7 Å². The molecule has 5 rings (SSSR count). The van der Waals surface area contributed by atoms with Crippen LogP contribution >= 0.6 is 11.3 Å². The van der Waals surface area contributed by atoms with Crippen LogP contribution < -0.4 is 4.74 Å². The van der Waals surface area contributed by atoms with E-state index < -0.39 is 17.7 Å². The molecule has 1 aliphatic rings. The van der Waals surface area contributed by atoms with Gasteiger partial charge in [0.25, 0.3) is 11.7 Å². The summed E-state index contributed by atoms with van der Waals surface area (Å²) in [5.41, 5.74) is 3.70. The molecule has 7 heteroatoms. The van der Waals surface area contributed by atoms with Gasteiger partial charge >= 0.3 is 0 Å². The zero-order valence-corrected chi connectivity index (χ0v) is 22.0. The molecule has 0 aliphatic carbocycles. The van der Waals surface area contributed by atoms with Crippen molar-refractivity contribution in [2.75, 3.05) is 13.2 Å². The summed E-state index contributed by atoms with van der Waals surface area (Å²) in [5, 5.41) is 14.4. The van der Waals surface area contributed by atoms with E-state index in [9.17, 15) is 14.7 Å². The van der Waals surface area contributed by atoms with Crippen LogP contribution in [0.15, 0.2) is 71.7 Å². The zero-order valence-electron chi connectivity index (χ0n) is 21.2. The lowest BCUT2D eigenvalue weighted by molar-refractivity contribution is -0.139. The van der Waals surface area contributed by atoms with Crippen molar-refractivity contribution in [2.24, 2.45) is 5.92 Å². The molecule has 1 unspecified atom stereocenters. The monoisotopic (exact) mass is 514 g/mol. The fraction of sp³-hybridized carbons (Fsp3) is 0.267. The second-order valence-electron chi connectivity index (χ2n) is 9.80. The van der Waals surface area contributed by atoms with Crippen molar-refractivity contribution < 1.29 is 19.4 Å². The molecule has 0 saturated carbocycles. The lowest BCUT2D eigenvalue weighted by Crippen LogP contribution is -2.31. The van der Waals surface area contributed by atoms with Crippen LogP contribution in [0.2, 0.25) is 0 Å². The van der Waals surface area contributed by atoms with Crippen molar-refractivity contribution in [3.05, 3.63) is 93.3 Å². The predicted molar refractivity (Wildman–Crippen MR) is 147 cm³/mol. The number of amides is 1. The Labute approximate surface area is 220 Å². The summed E-state index contributed by atoms with van der Waals surface area (Å²) in [7, 11) is 0. The third-order valence-corrected chi connectivity index (χ3v) is 7.77. The molecule has 4 aromatic rings. The van der Waals surface area contributed by atoms with E-state index in [1.54, 1.807) is 29.2 Å². The lowest BCUT2D eigenvalue weighted by Gasteiger charge is -2.25. The number of likely N-dealkylation sites (tertiary alicyclic amines) is 1. The van der Waals surface area contributed by atoms with E-state index in [2.05, 4.69) is 18.8 Å². The molecule has 37 heavy (non-hydrogen) atoms. The quantitative estimate of drug-likeness (QED) is 0.166. The summed E-state index contributed by atoms with van der Waals surface area (Å²) in [6, 6.07) is 16.4. The number of aryl methyl sites for hydroxylation is 1. The minimum atomic E-state index is -0.658. The molecule has 6 nitrogen and oxygen atoms in total. The standard InChI is InChI=1S/C30H30N2O4S/c1-18(2)17-36-22-10-8-20(9-11-22)27(33)25-26(29-19(3)13-15-37-29)32(30(35)28(25)34)14-12-21-16-31-24-7-5-4-6-23(21)24/h4-11,13,15-16,18,26,31,33H,12,14,17H2,1-3H3/b27-25-. The molecule has 1 amide bonds. The summed E-state index contributed by atoms with van der Waals surface area (Å²) < 4.78 is 5.75. The van der Waals surface area contributed by atoms with Gasteiger partial charge in [-0.15, -0.1) is 11.3 Å². The molecule has 1 fully saturated rings. The van der Waals surface area contributed by atoms with Gasteiger partial charge in [-0.2, -0.15) is 0 Å². The molecule has 3 heterocycles. The Morgan fingerprint density at radius 2 is 1.86 bits per heavy atom.